The summed E-state index contributed by atoms with van der Waals surface area (Å²) in [6, 6.07) is 9.43. The van der Waals surface area contributed by atoms with E-state index in [2.05, 4.69) is 0 Å². The van der Waals surface area contributed by atoms with Gasteiger partial charge in [0.2, 0.25) is 0 Å². The molecule has 0 spiro atoms. The maximum atomic E-state index is 12.2. The molecule has 1 heterocycles. The molecule has 0 bridgehead atoms. The van der Waals surface area contributed by atoms with Crippen LogP contribution in [0.4, 0.5) is 4.79 Å². The average molecular weight is 320 g/mol. The highest BCUT2D eigenvalue weighted by atomic mass is 16.6. The molecule has 6 nitrogen and oxygen atoms in total. The molecule has 0 saturated carbocycles. The predicted octanol–water partition coefficient (Wildman–Crippen LogP) is 2.27. The van der Waals surface area contributed by atoms with Crippen LogP contribution >= 0.6 is 0 Å². The molecule has 1 aliphatic rings. The van der Waals surface area contributed by atoms with Crippen molar-refractivity contribution in [3.63, 3.8) is 0 Å². The summed E-state index contributed by atoms with van der Waals surface area (Å²) in [4.78, 5) is 25.7. The van der Waals surface area contributed by atoms with E-state index in [9.17, 15) is 9.59 Å². The number of benzene rings is 1. The Hall–Kier alpha value is -2.08. The molecule has 2 rings (SSSR count). The van der Waals surface area contributed by atoms with Crippen LogP contribution in [-0.2, 0) is 20.9 Å². The summed E-state index contributed by atoms with van der Waals surface area (Å²) in [6.45, 7) is 5.96. The smallest absolute Gasteiger partial charge is 0.411 e. The Bertz CT molecular complexity index is 553. The quantitative estimate of drug-likeness (QED) is 0.864. The number of ether oxygens (including phenoxy) is 2. The second kappa shape index (κ2) is 7.00. The summed E-state index contributed by atoms with van der Waals surface area (Å²) >= 11 is 0. The highest BCUT2D eigenvalue weighted by Gasteiger charge is 2.41. The van der Waals surface area contributed by atoms with Crippen LogP contribution in [0.15, 0.2) is 30.3 Å². The van der Waals surface area contributed by atoms with Gasteiger partial charge in [0.15, 0.2) is 0 Å². The summed E-state index contributed by atoms with van der Waals surface area (Å²) < 4.78 is 10.6. The molecule has 2 N–H and O–H groups in total. The summed E-state index contributed by atoms with van der Waals surface area (Å²) in [5, 5.41) is 0. The fourth-order valence-electron chi connectivity index (χ4n) is 2.44. The third kappa shape index (κ3) is 4.69. The molecular weight excluding hydrogens is 296 g/mol. The van der Waals surface area contributed by atoms with Crippen LogP contribution in [0, 0.1) is 5.92 Å². The van der Waals surface area contributed by atoms with Gasteiger partial charge in [-0.15, -0.1) is 0 Å². The van der Waals surface area contributed by atoms with Gasteiger partial charge in [-0.3, -0.25) is 9.69 Å². The minimum absolute atomic E-state index is 0.204. The average Bonchev–Trinajstić information content (AvgIpc) is 2.86. The number of nitrogens with two attached hydrogens (primary N) is 1. The van der Waals surface area contributed by atoms with Gasteiger partial charge in [-0.25, -0.2) is 4.79 Å². The molecule has 1 amide bonds. The van der Waals surface area contributed by atoms with Crippen LogP contribution < -0.4 is 5.73 Å². The lowest BCUT2D eigenvalue weighted by Crippen LogP contribution is -2.47. The topological polar surface area (TPSA) is 81.9 Å². The number of amides is 1. The van der Waals surface area contributed by atoms with Crippen LogP contribution in [0.25, 0.3) is 0 Å². The Morgan fingerprint density at radius 3 is 2.52 bits per heavy atom. The van der Waals surface area contributed by atoms with Gasteiger partial charge in [-0.2, -0.15) is 0 Å². The van der Waals surface area contributed by atoms with Crippen molar-refractivity contribution in [3.05, 3.63) is 35.9 Å². The van der Waals surface area contributed by atoms with Crippen molar-refractivity contribution >= 4 is 12.1 Å². The maximum Gasteiger partial charge on any atom is 0.411 e. The van der Waals surface area contributed by atoms with Crippen LogP contribution in [0.5, 0.6) is 0 Å². The van der Waals surface area contributed by atoms with Gasteiger partial charge < -0.3 is 15.2 Å². The van der Waals surface area contributed by atoms with Crippen molar-refractivity contribution in [2.24, 2.45) is 11.7 Å². The van der Waals surface area contributed by atoms with Crippen molar-refractivity contribution in [1.82, 2.24) is 4.90 Å². The zero-order chi connectivity index (χ0) is 17.0. The second-order valence-electron chi connectivity index (χ2n) is 6.65. The van der Waals surface area contributed by atoms with Gasteiger partial charge >= 0.3 is 12.1 Å². The van der Waals surface area contributed by atoms with E-state index in [-0.39, 0.29) is 12.6 Å². The lowest BCUT2D eigenvalue weighted by molar-refractivity contribution is -0.150. The first kappa shape index (κ1) is 17.3. The maximum absolute atomic E-state index is 12.2. The monoisotopic (exact) mass is 320 g/mol. The number of hydrogen-bond donors (Lipinski definition) is 1. The molecule has 1 fully saturated rings. The van der Waals surface area contributed by atoms with E-state index in [1.54, 1.807) is 20.8 Å². The van der Waals surface area contributed by atoms with Crippen LogP contribution in [-0.4, -0.2) is 35.3 Å². The Morgan fingerprint density at radius 1 is 1.26 bits per heavy atom. The van der Waals surface area contributed by atoms with Crippen LogP contribution in [0.1, 0.15) is 32.8 Å². The molecule has 1 aliphatic heterocycles. The van der Waals surface area contributed by atoms with Gasteiger partial charge in [-0.05, 0) is 32.8 Å². The van der Waals surface area contributed by atoms with Crippen molar-refractivity contribution in [1.29, 1.82) is 0 Å². The van der Waals surface area contributed by atoms with E-state index in [4.69, 9.17) is 15.2 Å². The van der Waals surface area contributed by atoms with Crippen molar-refractivity contribution in [3.8, 4) is 0 Å². The Morgan fingerprint density at radius 2 is 1.91 bits per heavy atom. The molecule has 23 heavy (non-hydrogen) atoms. The minimum Gasteiger partial charge on any atom is -0.461 e. The third-order valence-corrected chi connectivity index (χ3v) is 3.61. The fraction of sp³-hybridized carbons (Fsp3) is 0.529. The predicted molar refractivity (Wildman–Crippen MR) is 85.3 cm³/mol. The summed E-state index contributed by atoms with van der Waals surface area (Å²) in [5.41, 5.74) is 6.36. The Labute approximate surface area is 136 Å². The van der Waals surface area contributed by atoms with Gasteiger partial charge in [-0.1, -0.05) is 30.3 Å². The number of likely N-dealkylation sites (tertiary alicyclic amines) is 1. The summed E-state index contributed by atoms with van der Waals surface area (Å²) in [5.74, 6) is -0.904. The zero-order valence-electron chi connectivity index (χ0n) is 13.8. The van der Waals surface area contributed by atoms with E-state index in [0.29, 0.717) is 13.0 Å². The number of hydrogen-bond acceptors (Lipinski definition) is 5. The molecule has 0 unspecified atom stereocenters. The number of nitrogens with zero attached hydrogens (tertiary/aromatic N) is 1. The first-order chi connectivity index (χ1) is 10.8. The van der Waals surface area contributed by atoms with Crippen LogP contribution in [0.2, 0.25) is 0 Å². The lowest BCUT2D eigenvalue weighted by atomic mass is 10.1. The number of carbonyl (C=O) groups is 2. The van der Waals surface area contributed by atoms with E-state index in [1.165, 1.54) is 4.90 Å². The van der Waals surface area contributed by atoms with Gasteiger partial charge in [0.1, 0.15) is 12.2 Å². The fourth-order valence-corrected chi connectivity index (χ4v) is 2.44. The summed E-state index contributed by atoms with van der Waals surface area (Å²) in [6.07, 6.45) is -0.731. The van der Waals surface area contributed by atoms with Gasteiger partial charge in [0, 0.05) is 6.54 Å². The number of esters is 1. The Balaban J connectivity index is 1.89. The van der Waals surface area contributed by atoms with Crippen molar-refractivity contribution in [2.75, 3.05) is 6.54 Å². The summed E-state index contributed by atoms with van der Waals surface area (Å²) in [7, 11) is 0. The minimum atomic E-state index is -0.715. The SMILES string of the molecule is CC(C)(C)OC(=O)N1CC[C@@H](C(=O)OCc2ccccc2)[C@H]1N. The van der Waals surface area contributed by atoms with Gasteiger partial charge in [0.25, 0.3) is 0 Å². The van der Waals surface area contributed by atoms with Crippen molar-refractivity contribution in [2.45, 2.75) is 45.6 Å². The molecule has 6 heteroatoms. The normalized spacial score (nSPS) is 21.1. The van der Waals surface area contributed by atoms with E-state index in [0.717, 1.165) is 5.56 Å². The first-order valence-electron chi connectivity index (χ1n) is 7.74. The second-order valence-corrected chi connectivity index (χ2v) is 6.65. The molecular formula is C17H24N2O4. The third-order valence-electron chi connectivity index (χ3n) is 3.61. The molecule has 1 aromatic rings. The molecule has 1 aromatic carbocycles. The largest absolute Gasteiger partial charge is 0.461 e. The molecule has 126 valence electrons. The molecule has 2 atom stereocenters. The molecule has 1 saturated heterocycles. The standard InChI is InChI=1S/C17H24N2O4/c1-17(2,3)23-16(21)19-10-9-13(14(19)18)15(20)22-11-12-7-5-4-6-8-12/h4-8,13-14H,9-11,18H2,1-3H3/t13-,14+/m1/s1. The van der Waals surface area contributed by atoms with E-state index in [1.807, 2.05) is 30.3 Å². The molecule has 0 radical (unpaired) electrons. The number of carbonyl (C=O) groups excluding carboxylic acids is 2. The molecule has 0 aliphatic carbocycles. The van der Waals surface area contributed by atoms with E-state index >= 15 is 0 Å². The van der Waals surface area contributed by atoms with Gasteiger partial charge in [0.05, 0.1) is 12.1 Å². The van der Waals surface area contributed by atoms with Crippen LogP contribution in [0.3, 0.4) is 0 Å². The first-order valence-corrected chi connectivity index (χ1v) is 7.74. The number of rotatable bonds is 3. The Kier molecular flexibility index (Phi) is 5.26. The van der Waals surface area contributed by atoms with Crippen molar-refractivity contribution < 1.29 is 19.1 Å². The van der Waals surface area contributed by atoms with E-state index < -0.39 is 23.8 Å². The lowest BCUT2D eigenvalue weighted by Gasteiger charge is -2.27. The highest BCUT2D eigenvalue weighted by Crippen LogP contribution is 2.24. The molecule has 0 aromatic heterocycles. The zero-order valence-corrected chi connectivity index (χ0v) is 13.8. The highest BCUT2D eigenvalue weighted by molar-refractivity contribution is 5.76.